The van der Waals surface area contributed by atoms with Crippen LogP contribution in [-0.4, -0.2) is 62.9 Å². The van der Waals surface area contributed by atoms with Crippen molar-refractivity contribution in [2.75, 3.05) is 37.9 Å². The van der Waals surface area contributed by atoms with Crippen molar-refractivity contribution in [1.82, 2.24) is 4.90 Å². The number of piperidine rings is 1. The Hall–Kier alpha value is -1.71. The van der Waals surface area contributed by atoms with Gasteiger partial charge in [0.25, 0.3) is 5.69 Å². The standard InChI is InChI=1S/C16H23N3O5S/c1-25(22,23)14-2-3-15(16(10-14)19(20)21)17-12-4-7-18(8-5-12)13-6-9-24-11-13/h2-3,10,12-13,17H,4-9,11H2,1H3. The maximum atomic E-state index is 11.6. The monoisotopic (exact) mass is 369 g/mol. The lowest BCUT2D eigenvalue weighted by molar-refractivity contribution is -0.384. The fraction of sp³-hybridized carbons (Fsp3) is 0.625. The number of rotatable bonds is 5. The van der Waals surface area contributed by atoms with Crippen molar-refractivity contribution in [3.63, 3.8) is 0 Å². The summed E-state index contributed by atoms with van der Waals surface area (Å²) in [6, 6.07) is 4.66. The van der Waals surface area contributed by atoms with Crippen LogP contribution in [0.25, 0.3) is 0 Å². The quantitative estimate of drug-likeness (QED) is 0.622. The Bertz CT molecular complexity index is 738. The Balaban J connectivity index is 1.67. The lowest BCUT2D eigenvalue weighted by atomic mass is 10.0. The molecule has 3 rings (SSSR count). The molecule has 0 radical (unpaired) electrons. The summed E-state index contributed by atoms with van der Waals surface area (Å²) in [5, 5.41) is 14.5. The van der Waals surface area contributed by atoms with Crippen LogP contribution in [0.5, 0.6) is 0 Å². The number of hydrogen-bond donors (Lipinski definition) is 1. The van der Waals surface area contributed by atoms with E-state index in [2.05, 4.69) is 10.2 Å². The van der Waals surface area contributed by atoms with Crippen molar-refractivity contribution in [1.29, 1.82) is 0 Å². The summed E-state index contributed by atoms with van der Waals surface area (Å²) in [6.45, 7) is 3.47. The minimum absolute atomic E-state index is 0.0409. The summed E-state index contributed by atoms with van der Waals surface area (Å²) in [5.74, 6) is 0. The first-order valence-electron chi connectivity index (χ1n) is 8.41. The number of likely N-dealkylation sites (tertiary alicyclic amines) is 1. The first kappa shape index (κ1) is 18.1. The highest BCUT2D eigenvalue weighted by molar-refractivity contribution is 7.90. The molecule has 1 N–H and O–H groups in total. The molecular weight excluding hydrogens is 346 g/mol. The van der Waals surface area contributed by atoms with Crippen LogP contribution in [0.2, 0.25) is 0 Å². The van der Waals surface area contributed by atoms with Crippen LogP contribution in [0.1, 0.15) is 19.3 Å². The topological polar surface area (TPSA) is 102 Å². The molecular formula is C16H23N3O5S. The molecule has 2 aliphatic rings. The van der Waals surface area contributed by atoms with Crippen molar-refractivity contribution >= 4 is 21.2 Å². The third-order valence-corrected chi connectivity index (χ3v) is 6.02. The predicted molar refractivity (Wildman–Crippen MR) is 93.6 cm³/mol. The van der Waals surface area contributed by atoms with Crippen molar-refractivity contribution < 1.29 is 18.1 Å². The number of ether oxygens (including phenoxy) is 1. The molecule has 9 heteroatoms. The molecule has 8 nitrogen and oxygen atoms in total. The van der Waals surface area contributed by atoms with Gasteiger partial charge in [-0.05, 0) is 31.4 Å². The molecule has 0 aliphatic carbocycles. The van der Waals surface area contributed by atoms with E-state index < -0.39 is 14.8 Å². The van der Waals surface area contributed by atoms with Gasteiger partial charge >= 0.3 is 0 Å². The van der Waals surface area contributed by atoms with E-state index in [1.54, 1.807) is 0 Å². The number of nitrogens with zero attached hydrogens (tertiary/aromatic N) is 2. The van der Waals surface area contributed by atoms with E-state index >= 15 is 0 Å². The summed E-state index contributed by atoms with van der Waals surface area (Å²) in [7, 11) is -3.48. The molecule has 1 aromatic rings. The molecule has 2 fully saturated rings. The van der Waals surface area contributed by atoms with Crippen molar-refractivity contribution in [3.8, 4) is 0 Å². The van der Waals surface area contributed by atoms with Gasteiger partial charge in [-0.3, -0.25) is 15.0 Å². The van der Waals surface area contributed by atoms with Gasteiger partial charge in [-0.2, -0.15) is 0 Å². The minimum atomic E-state index is -3.48. The molecule has 1 aromatic carbocycles. The number of nitro groups is 1. The first-order valence-corrected chi connectivity index (χ1v) is 10.3. The summed E-state index contributed by atoms with van der Waals surface area (Å²) in [4.78, 5) is 13.2. The maximum Gasteiger partial charge on any atom is 0.293 e. The molecule has 0 spiro atoms. The number of nitro benzene ring substituents is 1. The Morgan fingerprint density at radius 1 is 1.28 bits per heavy atom. The lowest BCUT2D eigenvalue weighted by Gasteiger charge is -2.35. The predicted octanol–water partition coefficient (Wildman–Crippen LogP) is 1.66. The number of nitrogens with one attached hydrogen (secondary N) is 1. The average Bonchev–Trinajstić information content (AvgIpc) is 3.09. The van der Waals surface area contributed by atoms with E-state index in [1.165, 1.54) is 12.1 Å². The van der Waals surface area contributed by atoms with Crippen LogP contribution in [0.15, 0.2) is 23.1 Å². The highest BCUT2D eigenvalue weighted by atomic mass is 32.2. The molecule has 25 heavy (non-hydrogen) atoms. The summed E-state index contributed by atoms with van der Waals surface area (Å²) in [6.07, 6.45) is 3.89. The van der Waals surface area contributed by atoms with Crippen molar-refractivity contribution in [2.45, 2.75) is 36.2 Å². The summed E-state index contributed by atoms with van der Waals surface area (Å²) >= 11 is 0. The second kappa shape index (κ2) is 7.27. The van der Waals surface area contributed by atoms with Gasteiger partial charge in [0.1, 0.15) is 5.69 Å². The maximum absolute atomic E-state index is 11.6. The van der Waals surface area contributed by atoms with E-state index in [0.29, 0.717) is 11.7 Å². The fourth-order valence-electron chi connectivity index (χ4n) is 3.45. The number of anilines is 1. The zero-order valence-electron chi connectivity index (χ0n) is 14.2. The van der Waals surface area contributed by atoms with E-state index in [1.807, 2.05) is 0 Å². The smallest absolute Gasteiger partial charge is 0.293 e. The van der Waals surface area contributed by atoms with Crippen LogP contribution in [0.4, 0.5) is 11.4 Å². The largest absolute Gasteiger partial charge is 0.380 e. The minimum Gasteiger partial charge on any atom is -0.380 e. The highest BCUT2D eigenvalue weighted by Gasteiger charge is 2.28. The Morgan fingerprint density at radius 3 is 2.56 bits per heavy atom. The Morgan fingerprint density at radius 2 is 2.00 bits per heavy atom. The van der Waals surface area contributed by atoms with Crippen molar-refractivity contribution in [2.24, 2.45) is 0 Å². The van der Waals surface area contributed by atoms with E-state index in [-0.39, 0.29) is 16.6 Å². The van der Waals surface area contributed by atoms with Crippen LogP contribution >= 0.6 is 0 Å². The number of hydrogen-bond acceptors (Lipinski definition) is 7. The highest BCUT2D eigenvalue weighted by Crippen LogP contribution is 2.30. The summed E-state index contributed by atoms with van der Waals surface area (Å²) < 4.78 is 28.7. The SMILES string of the molecule is CS(=O)(=O)c1ccc(NC2CCN(C3CCOC3)CC2)c([N+](=O)[O-])c1. The van der Waals surface area contributed by atoms with Crippen LogP contribution in [0.3, 0.4) is 0 Å². The molecule has 2 saturated heterocycles. The van der Waals surface area contributed by atoms with Gasteiger partial charge < -0.3 is 10.1 Å². The molecule has 1 unspecified atom stereocenters. The van der Waals surface area contributed by atoms with Gasteiger partial charge in [0, 0.05) is 44.1 Å². The van der Waals surface area contributed by atoms with Crippen molar-refractivity contribution in [3.05, 3.63) is 28.3 Å². The average molecular weight is 369 g/mol. The van der Waals surface area contributed by atoms with Gasteiger partial charge in [-0.1, -0.05) is 0 Å². The third-order valence-electron chi connectivity index (χ3n) is 4.91. The molecule has 0 amide bonds. The second-order valence-corrected chi connectivity index (χ2v) is 8.70. The van der Waals surface area contributed by atoms with E-state index in [0.717, 1.165) is 57.9 Å². The van der Waals surface area contributed by atoms with Gasteiger partial charge in [0.2, 0.25) is 0 Å². The van der Waals surface area contributed by atoms with Crippen LogP contribution < -0.4 is 5.32 Å². The third kappa shape index (κ3) is 4.28. The number of benzene rings is 1. The molecule has 0 bridgehead atoms. The summed E-state index contributed by atoms with van der Waals surface area (Å²) in [5.41, 5.74) is 0.176. The zero-order valence-corrected chi connectivity index (χ0v) is 15.0. The molecule has 138 valence electrons. The molecule has 0 saturated carbocycles. The van der Waals surface area contributed by atoms with Gasteiger partial charge in [-0.25, -0.2) is 8.42 Å². The van der Waals surface area contributed by atoms with Gasteiger partial charge in [0.05, 0.1) is 16.4 Å². The lowest BCUT2D eigenvalue weighted by Crippen LogP contribution is -2.44. The first-order chi connectivity index (χ1) is 11.8. The second-order valence-electron chi connectivity index (χ2n) is 6.68. The van der Waals surface area contributed by atoms with Crippen LogP contribution in [-0.2, 0) is 14.6 Å². The zero-order chi connectivity index (χ0) is 18.0. The fourth-order valence-corrected chi connectivity index (χ4v) is 4.10. The van der Waals surface area contributed by atoms with E-state index in [4.69, 9.17) is 4.74 Å². The molecule has 0 aromatic heterocycles. The Kier molecular flexibility index (Phi) is 5.26. The normalized spacial score (nSPS) is 22.8. The van der Waals surface area contributed by atoms with Gasteiger partial charge in [0.15, 0.2) is 9.84 Å². The van der Waals surface area contributed by atoms with Crippen LogP contribution in [0, 0.1) is 10.1 Å². The molecule has 2 aliphatic heterocycles. The molecule has 2 heterocycles. The number of sulfone groups is 1. The molecule has 1 atom stereocenters. The Labute approximate surface area is 147 Å². The van der Waals surface area contributed by atoms with E-state index in [9.17, 15) is 18.5 Å². The van der Waals surface area contributed by atoms with Gasteiger partial charge in [-0.15, -0.1) is 0 Å².